The molecule has 36 heavy (non-hydrogen) atoms. The molecule has 0 saturated carbocycles. The fourth-order valence-corrected chi connectivity index (χ4v) is 28.8. The summed E-state index contributed by atoms with van der Waals surface area (Å²) in [6.07, 6.45) is 0. The van der Waals surface area contributed by atoms with Crippen LogP contribution in [0.15, 0.2) is 0 Å². The van der Waals surface area contributed by atoms with Gasteiger partial charge in [0, 0.05) is 77.0 Å². The van der Waals surface area contributed by atoms with Crippen LogP contribution in [0.3, 0.4) is 0 Å². The largest absolute Gasteiger partial charge is 0.157 e. The number of hydrogen-bond donors (Lipinski definition) is 0. The Labute approximate surface area is 272 Å². The van der Waals surface area contributed by atoms with Crippen LogP contribution >= 0.6 is 141 Å². The van der Waals surface area contributed by atoms with Gasteiger partial charge in [0.25, 0.3) is 0 Å². The molecule has 0 aromatic rings. The van der Waals surface area contributed by atoms with Crippen molar-refractivity contribution in [2.45, 2.75) is 93.8 Å². The fraction of sp³-hybridized carbons (Fsp3) is 1.00. The van der Waals surface area contributed by atoms with E-state index in [-0.39, 0.29) is 0 Å². The summed E-state index contributed by atoms with van der Waals surface area (Å²) in [6.45, 7) is 12.4. The van der Waals surface area contributed by atoms with Gasteiger partial charge in [-0.1, -0.05) is 34.6 Å². The van der Waals surface area contributed by atoms with Crippen LogP contribution in [-0.2, 0) is 0 Å². The molecule has 5 heterocycles. The van der Waals surface area contributed by atoms with E-state index in [0.717, 1.165) is 50.5 Å². The van der Waals surface area contributed by atoms with Gasteiger partial charge in [-0.05, 0) is 0 Å². The molecule has 0 radical (unpaired) electrons. The summed E-state index contributed by atoms with van der Waals surface area (Å²) in [5.74, 6) is 9.29. The summed E-state index contributed by atoms with van der Waals surface area (Å²) in [5, 5.41) is 6.15. The zero-order valence-corrected chi connectivity index (χ0v) is 31.5. The van der Waals surface area contributed by atoms with Gasteiger partial charge >= 0.3 is 0 Å². The second-order valence-corrected chi connectivity index (χ2v) is 28.5. The monoisotopic (exact) mass is 712 g/mol. The minimum Gasteiger partial charge on any atom is -0.157 e. The Hall–Kier alpha value is 4.20. The summed E-state index contributed by atoms with van der Waals surface area (Å²) in [7, 11) is 0. The highest BCUT2D eigenvalue weighted by Gasteiger charge is 2.54. The van der Waals surface area contributed by atoms with Crippen molar-refractivity contribution >= 4 is 141 Å². The molecule has 12 heteroatoms. The van der Waals surface area contributed by atoms with Crippen molar-refractivity contribution in [1.82, 2.24) is 0 Å². The van der Waals surface area contributed by atoms with E-state index >= 15 is 0 Å². The van der Waals surface area contributed by atoms with E-state index in [2.05, 4.69) is 176 Å². The van der Waals surface area contributed by atoms with Crippen molar-refractivity contribution in [3.8, 4) is 0 Å². The zero-order valence-electron chi connectivity index (χ0n) is 21.7. The van der Waals surface area contributed by atoms with Crippen molar-refractivity contribution in [3.05, 3.63) is 0 Å². The molecule has 5 rings (SSSR count). The van der Waals surface area contributed by atoms with Crippen LogP contribution in [0.25, 0.3) is 0 Å². The molecule has 5 saturated heterocycles. The molecule has 1 spiro atoms. The third-order valence-electron chi connectivity index (χ3n) is 6.54. The summed E-state index contributed by atoms with van der Waals surface area (Å²) < 4.78 is 2.56. The van der Waals surface area contributed by atoms with E-state index in [1.807, 2.05) is 0 Å². The van der Waals surface area contributed by atoms with Gasteiger partial charge in [0.15, 0.2) is 0 Å². The van der Waals surface area contributed by atoms with E-state index in [0.29, 0.717) is 8.66 Å². The Morgan fingerprint density at radius 1 is 0.472 bits per heavy atom. The molecule has 5 fully saturated rings. The lowest BCUT2D eigenvalue weighted by Gasteiger charge is -2.43. The molecule has 0 aromatic heterocycles. The molecule has 208 valence electrons. The fourth-order valence-electron chi connectivity index (χ4n) is 4.83. The van der Waals surface area contributed by atoms with Gasteiger partial charge in [0.1, 0.15) is 3.41 Å². The van der Waals surface area contributed by atoms with Gasteiger partial charge in [0.2, 0.25) is 0 Å². The maximum absolute atomic E-state index is 2.50. The number of thioether (sulfide) groups is 12. The normalized spacial score (nSPS) is 51.4. The Morgan fingerprint density at radius 3 is 1.56 bits per heavy atom. The number of rotatable bonds is 3. The van der Waals surface area contributed by atoms with Gasteiger partial charge in [-0.2, -0.15) is 23.5 Å². The average molecular weight is 713 g/mol. The second-order valence-electron chi connectivity index (χ2n) is 10.1. The SMILES string of the molecule is CC1CSC2(SCC(C)S2)C(C2SCC(C)S2)SC(C2SCC(C)S2)C(C2SCC(C)S2)SCCS1. The minimum absolute atomic E-state index is 0.309. The van der Waals surface area contributed by atoms with Crippen LogP contribution in [-0.4, -0.2) is 99.4 Å². The molecule has 0 aromatic carbocycles. The van der Waals surface area contributed by atoms with Crippen LogP contribution in [0.5, 0.6) is 0 Å². The molecule has 12 unspecified atom stereocenters. The lowest BCUT2D eigenvalue weighted by atomic mass is 10.3. The number of hydrogen-bond acceptors (Lipinski definition) is 12. The Morgan fingerprint density at radius 2 is 1.00 bits per heavy atom. The van der Waals surface area contributed by atoms with Gasteiger partial charge in [-0.15, -0.1) is 118 Å². The van der Waals surface area contributed by atoms with Crippen molar-refractivity contribution in [2.75, 3.05) is 40.3 Å². The van der Waals surface area contributed by atoms with E-state index in [1.165, 1.54) is 40.3 Å². The van der Waals surface area contributed by atoms with E-state index < -0.39 is 0 Å². The molecule has 0 bridgehead atoms. The predicted molar refractivity (Wildman–Crippen MR) is 198 cm³/mol. The first kappa shape index (κ1) is 31.6. The van der Waals surface area contributed by atoms with Crippen LogP contribution in [0.1, 0.15) is 34.6 Å². The average Bonchev–Trinajstić information content (AvgIpc) is 3.63. The summed E-state index contributed by atoms with van der Waals surface area (Å²) in [6, 6.07) is 0. The van der Waals surface area contributed by atoms with Gasteiger partial charge < -0.3 is 0 Å². The molecule has 0 N–H and O–H groups in total. The Bertz CT molecular complexity index is 713. The molecule has 5 aliphatic heterocycles. The van der Waals surface area contributed by atoms with Gasteiger partial charge in [-0.3, -0.25) is 0 Å². The summed E-state index contributed by atoms with van der Waals surface area (Å²) in [4.78, 5) is 0. The van der Waals surface area contributed by atoms with Crippen molar-refractivity contribution in [3.63, 3.8) is 0 Å². The topological polar surface area (TPSA) is 0 Å². The van der Waals surface area contributed by atoms with Gasteiger partial charge in [0.05, 0.1) is 19.0 Å². The lowest BCUT2D eigenvalue weighted by molar-refractivity contribution is 0.883. The van der Waals surface area contributed by atoms with Crippen molar-refractivity contribution in [2.24, 2.45) is 0 Å². The van der Waals surface area contributed by atoms with E-state index in [1.54, 1.807) is 0 Å². The standard InChI is InChI=1S/C24H40S12/c1-13-11-30-24(31-12-17(5)36-24)20(23-29-10-16(4)34-23)35-19(22-28-9-15(3)33-22)18(26-7-6-25-13)21-27-8-14(2)32-21/h13-23H,6-12H2,1-5H3. The predicted octanol–water partition coefficient (Wildman–Crippen LogP) is 9.53. The summed E-state index contributed by atoms with van der Waals surface area (Å²) >= 11 is 28.0. The van der Waals surface area contributed by atoms with Crippen LogP contribution in [0.4, 0.5) is 0 Å². The molecular weight excluding hydrogens is 673 g/mol. The van der Waals surface area contributed by atoms with Crippen LogP contribution in [0.2, 0.25) is 0 Å². The maximum Gasteiger partial charge on any atom is 0.121 e. The Kier molecular flexibility index (Phi) is 13.0. The lowest BCUT2D eigenvalue weighted by Crippen LogP contribution is -2.43. The van der Waals surface area contributed by atoms with Crippen LogP contribution < -0.4 is 0 Å². The third-order valence-corrected chi connectivity index (χ3v) is 29.4. The first-order valence-electron chi connectivity index (χ1n) is 13.0. The smallest absolute Gasteiger partial charge is 0.121 e. The molecular formula is C24H40S12. The first-order valence-corrected chi connectivity index (χ1v) is 24.8. The molecule has 12 atom stereocenters. The highest BCUT2D eigenvalue weighted by Crippen LogP contribution is 2.66. The highest BCUT2D eigenvalue weighted by atomic mass is 32.3. The third kappa shape index (κ3) is 8.02. The molecule has 0 nitrogen and oxygen atoms in total. The summed E-state index contributed by atoms with van der Waals surface area (Å²) in [5.41, 5.74) is 0. The highest BCUT2D eigenvalue weighted by molar-refractivity contribution is 8.37. The van der Waals surface area contributed by atoms with E-state index in [4.69, 9.17) is 0 Å². The quantitative estimate of drug-likeness (QED) is 0.274. The van der Waals surface area contributed by atoms with Crippen LogP contribution in [0, 0.1) is 0 Å². The zero-order chi connectivity index (χ0) is 25.3. The Balaban J connectivity index is 1.51. The van der Waals surface area contributed by atoms with Crippen molar-refractivity contribution in [1.29, 1.82) is 0 Å². The van der Waals surface area contributed by atoms with Gasteiger partial charge in [-0.25, -0.2) is 0 Å². The minimum atomic E-state index is 0.309. The molecule has 0 aliphatic carbocycles. The second kappa shape index (κ2) is 14.8. The molecule has 0 amide bonds. The first-order chi connectivity index (χ1) is 17.3. The van der Waals surface area contributed by atoms with Crippen molar-refractivity contribution < 1.29 is 0 Å². The maximum atomic E-state index is 2.50. The molecule has 5 aliphatic rings. The van der Waals surface area contributed by atoms with E-state index in [9.17, 15) is 0 Å².